The molecule has 0 spiro atoms. The van der Waals surface area contributed by atoms with Crippen molar-refractivity contribution >= 4 is 35.3 Å². The predicted molar refractivity (Wildman–Crippen MR) is 233 cm³/mol. The molecule has 4 N–H and O–H groups in total. The third-order valence-electron chi connectivity index (χ3n) is 13.2. The van der Waals surface area contributed by atoms with Gasteiger partial charge in [-0.2, -0.15) is 0 Å². The number of aromatic amines is 1. The van der Waals surface area contributed by atoms with Crippen LogP contribution in [0.25, 0.3) is 11.3 Å². The number of methoxy groups -OCH3 is 1. The Labute approximate surface area is 370 Å². The van der Waals surface area contributed by atoms with E-state index in [-0.39, 0.29) is 47.9 Å². The molecular weight excluding hydrogens is 825 g/mol. The lowest BCUT2D eigenvalue weighted by atomic mass is 9.89. The molecule has 5 atom stereocenters. The van der Waals surface area contributed by atoms with E-state index < -0.39 is 41.9 Å². The summed E-state index contributed by atoms with van der Waals surface area (Å²) in [5, 5.41) is 9.22. The molecule has 0 radical (unpaired) electrons. The van der Waals surface area contributed by atoms with Gasteiger partial charge >= 0.3 is 6.09 Å². The van der Waals surface area contributed by atoms with Crippen LogP contribution < -0.4 is 20.9 Å². The fourth-order valence-corrected chi connectivity index (χ4v) is 9.54. The number of amides is 4. The number of halogens is 2. The number of hydrogen-bond acceptors (Lipinski definition) is 10. The smallest absolute Gasteiger partial charge is 0.407 e. The number of benzene rings is 3. The average molecular weight is 878 g/mol. The molecule has 64 heavy (non-hydrogen) atoms. The van der Waals surface area contributed by atoms with Gasteiger partial charge < -0.3 is 45.1 Å². The molecule has 4 fully saturated rings. The zero-order valence-electron chi connectivity index (χ0n) is 35.7. The van der Waals surface area contributed by atoms with Gasteiger partial charge in [0.1, 0.15) is 47.1 Å². The predicted octanol–water partition coefficient (Wildman–Crippen LogP) is 5.20. The first-order chi connectivity index (χ1) is 31.2. The van der Waals surface area contributed by atoms with E-state index in [0.717, 1.165) is 19.3 Å². The second-order valence-electron chi connectivity index (χ2n) is 17.2. The number of nitrogens with zero attached hydrogens (tertiary/aromatic N) is 5. The summed E-state index contributed by atoms with van der Waals surface area (Å²) in [6.45, 7) is 2.75. The molecule has 3 aromatic carbocycles. The van der Waals surface area contributed by atoms with Crippen molar-refractivity contribution in [3.05, 3.63) is 108 Å². The van der Waals surface area contributed by atoms with Crippen LogP contribution in [0.3, 0.4) is 0 Å². The largest absolute Gasteiger partial charge is 0.453 e. The maximum Gasteiger partial charge on any atom is 0.407 e. The van der Waals surface area contributed by atoms with Crippen LogP contribution in [0.4, 0.5) is 19.3 Å². The SMILES string of the molecule is COC(=O)N[C@@H](C(=O)N1CCOC[C@H]1C1=NCC(C2CCN(c3c(F)cc(-c4cnc([C@@H]5CCCN5C(=O)[C@H](NC(=O)C5CC5)c5ccccc5)[nH]4)cc3F)CC2)N1)c1ccccc1. The van der Waals surface area contributed by atoms with Gasteiger partial charge in [-0.05, 0) is 67.7 Å². The minimum Gasteiger partial charge on any atom is -0.453 e. The molecule has 4 amide bonds. The van der Waals surface area contributed by atoms with Crippen molar-refractivity contribution in [2.45, 2.75) is 68.7 Å². The maximum absolute atomic E-state index is 16.0. The van der Waals surface area contributed by atoms with Gasteiger partial charge in [0, 0.05) is 43.7 Å². The molecule has 1 unspecified atom stereocenters. The molecular formula is C47H53F2N9O6. The first-order valence-electron chi connectivity index (χ1n) is 22.2. The second-order valence-corrected chi connectivity index (χ2v) is 17.2. The molecule has 9 rings (SSSR count). The quantitative estimate of drug-likeness (QED) is 0.149. The zero-order chi connectivity index (χ0) is 44.3. The Morgan fingerprint density at radius 2 is 1.45 bits per heavy atom. The van der Waals surface area contributed by atoms with Crippen LogP contribution in [0.15, 0.2) is 84.0 Å². The number of likely N-dealkylation sites (tertiary alicyclic amines) is 1. The van der Waals surface area contributed by atoms with Crippen molar-refractivity contribution in [2.24, 2.45) is 16.8 Å². The van der Waals surface area contributed by atoms with Gasteiger partial charge in [-0.3, -0.25) is 19.4 Å². The number of nitrogens with one attached hydrogen (secondary N) is 4. The number of aliphatic imine (C=N–C) groups is 1. The van der Waals surface area contributed by atoms with E-state index in [9.17, 15) is 19.2 Å². The Kier molecular flexibility index (Phi) is 12.6. The third kappa shape index (κ3) is 9.03. The molecule has 3 saturated heterocycles. The first-order valence-corrected chi connectivity index (χ1v) is 22.2. The molecule has 0 bridgehead atoms. The number of ether oxygens (including phenoxy) is 2. The van der Waals surface area contributed by atoms with E-state index in [1.165, 1.54) is 19.2 Å². The van der Waals surface area contributed by atoms with E-state index in [1.54, 1.807) is 45.2 Å². The third-order valence-corrected chi connectivity index (χ3v) is 13.2. The number of hydrogen-bond donors (Lipinski definition) is 4. The standard InChI is InChI=1S/C47H53F2N9O6/c1-63-47(62)55-40(30-11-6-3-7-12-30)46(61)58-21-22-64-27-38(58)43-51-25-35(52-43)28-16-19-56(20-17-28)41-33(48)23-32(24-34(41)49)36-26-50-42(53-36)37-13-8-18-57(37)45(60)39(29-9-4-2-5-10-29)54-44(59)31-14-15-31/h2-7,9-12,23-24,26,28,31,35,37-40H,8,13-22,25,27H2,1H3,(H,50,53)(H,51,52)(H,54,59)(H,55,62)/t35?,37-,38-,39+,40+/m0/s1. The van der Waals surface area contributed by atoms with Crippen LogP contribution in [-0.2, 0) is 23.9 Å². The number of aromatic nitrogens is 2. The van der Waals surface area contributed by atoms with E-state index in [2.05, 4.69) is 25.9 Å². The van der Waals surface area contributed by atoms with E-state index in [4.69, 9.17) is 14.5 Å². The number of rotatable bonds is 12. The highest BCUT2D eigenvalue weighted by molar-refractivity contribution is 5.95. The highest BCUT2D eigenvalue weighted by atomic mass is 19.1. The Hall–Kier alpha value is -6.36. The van der Waals surface area contributed by atoms with Crippen LogP contribution in [0, 0.1) is 23.5 Å². The fraction of sp³-hybridized carbons (Fsp3) is 0.447. The maximum atomic E-state index is 16.0. The number of H-pyrrole nitrogens is 1. The van der Waals surface area contributed by atoms with Crippen LogP contribution in [0.1, 0.15) is 73.6 Å². The van der Waals surface area contributed by atoms with Gasteiger partial charge in [-0.1, -0.05) is 60.7 Å². The van der Waals surface area contributed by atoms with Crippen LogP contribution in [0.2, 0.25) is 0 Å². The van der Waals surface area contributed by atoms with Crippen LogP contribution >= 0.6 is 0 Å². The molecule has 336 valence electrons. The number of piperidine rings is 1. The zero-order valence-corrected chi connectivity index (χ0v) is 35.7. The summed E-state index contributed by atoms with van der Waals surface area (Å²) in [7, 11) is 1.25. The van der Waals surface area contributed by atoms with Crippen molar-refractivity contribution < 1.29 is 37.4 Å². The number of anilines is 1. The van der Waals surface area contributed by atoms with Gasteiger partial charge in [-0.25, -0.2) is 18.6 Å². The second kappa shape index (κ2) is 18.8. The number of amidine groups is 1. The van der Waals surface area contributed by atoms with Crippen molar-refractivity contribution in [1.82, 2.24) is 35.7 Å². The minimum atomic E-state index is -0.963. The highest BCUT2D eigenvalue weighted by Crippen LogP contribution is 2.37. The van der Waals surface area contributed by atoms with Gasteiger partial charge in [0.05, 0.1) is 44.8 Å². The average Bonchev–Trinajstić information content (AvgIpc) is 3.63. The Balaban J connectivity index is 0.823. The minimum absolute atomic E-state index is 0.0300. The van der Waals surface area contributed by atoms with Crippen LogP contribution in [0.5, 0.6) is 0 Å². The highest BCUT2D eigenvalue weighted by Gasteiger charge is 2.42. The van der Waals surface area contributed by atoms with Crippen molar-refractivity contribution in [3.8, 4) is 11.3 Å². The summed E-state index contributed by atoms with van der Waals surface area (Å²) in [5.41, 5.74) is 1.99. The van der Waals surface area contributed by atoms with Crippen molar-refractivity contribution in [3.63, 3.8) is 0 Å². The molecule has 5 heterocycles. The molecule has 1 aliphatic carbocycles. The number of alkyl carbamates (subject to hydrolysis) is 1. The van der Waals surface area contributed by atoms with Crippen molar-refractivity contribution in [2.75, 3.05) is 57.9 Å². The lowest BCUT2D eigenvalue weighted by Crippen LogP contribution is -2.58. The summed E-state index contributed by atoms with van der Waals surface area (Å²) in [4.78, 5) is 71.1. The van der Waals surface area contributed by atoms with E-state index in [1.807, 2.05) is 36.4 Å². The molecule has 4 aliphatic heterocycles. The summed E-state index contributed by atoms with van der Waals surface area (Å²) < 4.78 is 42.6. The summed E-state index contributed by atoms with van der Waals surface area (Å²) in [5.74, 6) is -0.739. The number of morpholine rings is 1. The topological polar surface area (TPSA) is 174 Å². The molecule has 4 aromatic rings. The Bertz CT molecular complexity index is 2350. The number of carbonyl (C=O) groups excluding carboxylic acids is 4. The lowest BCUT2D eigenvalue weighted by Gasteiger charge is -2.39. The monoisotopic (exact) mass is 877 g/mol. The summed E-state index contributed by atoms with van der Waals surface area (Å²) in [6.07, 6.45) is 5.19. The molecule has 17 heteroatoms. The van der Waals surface area contributed by atoms with E-state index >= 15 is 8.78 Å². The van der Waals surface area contributed by atoms with Gasteiger partial charge in [0.2, 0.25) is 11.8 Å². The van der Waals surface area contributed by atoms with Gasteiger partial charge in [0.25, 0.3) is 5.91 Å². The Morgan fingerprint density at radius 3 is 2.09 bits per heavy atom. The van der Waals surface area contributed by atoms with Gasteiger partial charge in [0.15, 0.2) is 0 Å². The summed E-state index contributed by atoms with van der Waals surface area (Å²) in [6, 6.07) is 18.2. The molecule has 1 saturated carbocycles. The molecule has 15 nitrogen and oxygen atoms in total. The van der Waals surface area contributed by atoms with Gasteiger partial charge in [-0.15, -0.1) is 0 Å². The number of carbonyl (C=O) groups is 4. The first kappa shape index (κ1) is 42.9. The molecule has 1 aromatic heterocycles. The fourth-order valence-electron chi connectivity index (χ4n) is 9.54. The lowest BCUT2D eigenvalue weighted by molar-refractivity contribution is -0.139. The Morgan fingerprint density at radius 1 is 0.812 bits per heavy atom. The molecule has 5 aliphatic rings. The normalized spacial score (nSPS) is 22.3. The van der Waals surface area contributed by atoms with E-state index in [0.29, 0.717) is 92.6 Å². The summed E-state index contributed by atoms with van der Waals surface area (Å²) >= 11 is 0. The van der Waals surface area contributed by atoms with Crippen LogP contribution in [-0.4, -0.2) is 115 Å². The number of imidazole rings is 1. The van der Waals surface area contributed by atoms with Crippen molar-refractivity contribution in [1.29, 1.82) is 0 Å².